The first-order valence-electron chi connectivity index (χ1n) is 5.52. The normalized spacial score (nSPS) is 16.5. The van der Waals surface area contributed by atoms with Gasteiger partial charge in [0.2, 0.25) is 0 Å². The van der Waals surface area contributed by atoms with Gasteiger partial charge in [0, 0.05) is 0 Å². The fourth-order valence-electron chi connectivity index (χ4n) is 2.63. The van der Waals surface area contributed by atoms with Gasteiger partial charge in [0.15, 0.2) is 5.41 Å². The third-order valence-electron chi connectivity index (χ3n) is 3.62. The standard InChI is InChI=1S/C11H18O4.Li.Na.2H/c1-2-11(9(12)13,10(14)15)8-6-4-3-5-7-8;;;;/h8H,2-7H2,1H3,(H,12,13)(H,14,15);;;;/q;2*+1;2*-1. The predicted octanol–water partition coefficient (Wildman–Crippen LogP) is -3.63. The molecule has 1 aliphatic rings. The molecule has 0 radical (unpaired) electrons. The van der Waals surface area contributed by atoms with E-state index in [2.05, 4.69) is 0 Å². The number of carboxylic acids is 2. The molecule has 0 atom stereocenters. The van der Waals surface area contributed by atoms with Crippen molar-refractivity contribution in [2.75, 3.05) is 0 Å². The summed E-state index contributed by atoms with van der Waals surface area (Å²) in [5.74, 6) is -2.56. The van der Waals surface area contributed by atoms with E-state index in [4.69, 9.17) is 10.2 Å². The number of carboxylic acid groups (broad SMARTS) is 2. The monoisotopic (exact) mass is 246 g/mol. The zero-order valence-corrected chi connectivity index (χ0v) is 13.0. The molecular formula is C11H20LiNaO4. The molecule has 0 aromatic rings. The number of hydrogen-bond donors (Lipinski definition) is 2. The Bertz CT molecular complexity index is 259. The maximum absolute atomic E-state index is 11.2. The van der Waals surface area contributed by atoms with Crippen molar-refractivity contribution in [2.24, 2.45) is 11.3 Å². The van der Waals surface area contributed by atoms with E-state index in [0.717, 1.165) is 32.1 Å². The second kappa shape index (κ2) is 8.61. The molecule has 17 heavy (non-hydrogen) atoms. The van der Waals surface area contributed by atoms with E-state index < -0.39 is 17.4 Å². The van der Waals surface area contributed by atoms with Crippen LogP contribution >= 0.6 is 0 Å². The van der Waals surface area contributed by atoms with Gasteiger partial charge in [-0.2, -0.15) is 0 Å². The van der Waals surface area contributed by atoms with Gasteiger partial charge >= 0.3 is 60.4 Å². The Kier molecular flexibility index (Phi) is 10.1. The fraction of sp³-hybridized carbons (Fsp3) is 0.818. The fourth-order valence-corrected chi connectivity index (χ4v) is 2.63. The predicted molar refractivity (Wildman–Crippen MR) is 56.8 cm³/mol. The smallest absolute Gasteiger partial charge is 1.00 e. The van der Waals surface area contributed by atoms with Crippen LogP contribution in [0, 0.1) is 11.3 Å². The maximum Gasteiger partial charge on any atom is 1.00 e. The number of aliphatic carboxylic acids is 2. The van der Waals surface area contributed by atoms with Gasteiger partial charge in [-0.1, -0.05) is 26.2 Å². The number of rotatable bonds is 4. The Morgan fingerprint density at radius 2 is 1.59 bits per heavy atom. The van der Waals surface area contributed by atoms with E-state index in [1.54, 1.807) is 6.92 Å². The molecule has 90 valence electrons. The zero-order valence-electron chi connectivity index (χ0n) is 13.0. The van der Waals surface area contributed by atoms with Crippen molar-refractivity contribution in [2.45, 2.75) is 45.4 Å². The van der Waals surface area contributed by atoms with Gasteiger partial charge in [0.05, 0.1) is 0 Å². The summed E-state index contributed by atoms with van der Waals surface area (Å²) < 4.78 is 0. The van der Waals surface area contributed by atoms with Crippen molar-refractivity contribution < 1.29 is 71.1 Å². The average molecular weight is 246 g/mol. The second-order valence-electron chi connectivity index (χ2n) is 4.27. The molecule has 1 fully saturated rings. The molecule has 0 amide bonds. The van der Waals surface area contributed by atoms with Crippen LogP contribution in [0.5, 0.6) is 0 Å². The van der Waals surface area contributed by atoms with E-state index in [1.165, 1.54) is 0 Å². The molecule has 0 heterocycles. The Balaban J connectivity index is -0.000000281. The van der Waals surface area contributed by atoms with Crippen LogP contribution in [0.25, 0.3) is 0 Å². The molecule has 1 aliphatic carbocycles. The molecule has 0 bridgehead atoms. The molecule has 0 spiro atoms. The summed E-state index contributed by atoms with van der Waals surface area (Å²) in [6, 6.07) is 0. The summed E-state index contributed by atoms with van der Waals surface area (Å²) in [6.45, 7) is 1.65. The second-order valence-corrected chi connectivity index (χ2v) is 4.27. The minimum Gasteiger partial charge on any atom is -1.00 e. The first kappa shape index (κ1) is 19.9. The van der Waals surface area contributed by atoms with Crippen LogP contribution in [0.4, 0.5) is 0 Å². The van der Waals surface area contributed by atoms with Gasteiger partial charge < -0.3 is 13.1 Å². The third kappa shape index (κ3) is 4.01. The summed E-state index contributed by atoms with van der Waals surface area (Å²) in [4.78, 5) is 22.4. The molecule has 0 aromatic heterocycles. The summed E-state index contributed by atoms with van der Waals surface area (Å²) in [6.07, 6.45) is 4.62. The van der Waals surface area contributed by atoms with Gasteiger partial charge in [-0.3, -0.25) is 9.59 Å². The van der Waals surface area contributed by atoms with Gasteiger partial charge in [-0.15, -0.1) is 0 Å². The van der Waals surface area contributed by atoms with Crippen molar-refractivity contribution in [3.05, 3.63) is 0 Å². The first-order valence-corrected chi connectivity index (χ1v) is 5.52. The molecule has 0 saturated heterocycles. The number of carbonyl (C=O) groups is 2. The summed E-state index contributed by atoms with van der Waals surface area (Å²) >= 11 is 0. The van der Waals surface area contributed by atoms with Crippen LogP contribution < -0.4 is 48.4 Å². The van der Waals surface area contributed by atoms with Gasteiger partial charge in [0.25, 0.3) is 0 Å². The Hall–Kier alpha value is 0.537. The maximum atomic E-state index is 11.2. The minimum absolute atomic E-state index is 0. The minimum atomic E-state index is -1.56. The van der Waals surface area contributed by atoms with E-state index in [-0.39, 0.29) is 63.6 Å². The zero-order chi connectivity index (χ0) is 11.5. The van der Waals surface area contributed by atoms with Crippen LogP contribution in [0.3, 0.4) is 0 Å². The van der Waals surface area contributed by atoms with E-state index >= 15 is 0 Å². The average Bonchev–Trinajstić information content (AvgIpc) is 2.20. The van der Waals surface area contributed by atoms with Crippen molar-refractivity contribution in [3.63, 3.8) is 0 Å². The molecule has 0 aromatic carbocycles. The third-order valence-corrected chi connectivity index (χ3v) is 3.62. The van der Waals surface area contributed by atoms with Gasteiger partial charge in [-0.25, -0.2) is 0 Å². The van der Waals surface area contributed by atoms with Crippen molar-refractivity contribution in [3.8, 4) is 0 Å². The molecule has 0 aliphatic heterocycles. The molecule has 1 saturated carbocycles. The van der Waals surface area contributed by atoms with Crippen molar-refractivity contribution >= 4 is 11.9 Å². The van der Waals surface area contributed by atoms with Crippen LogP contribution in [-0.4, -0.2) is 22.2 Å². The molecular weight excluding hydrogens is 226 g/mol. The number of hydrogen-bond acceptors (Lipinski definition) is 2. The van der Waals surface area contributed by atoms with Crippen molar-refractivity contribution in [1.29, 1.82) is 0 Å². The van der Waals surface area contributed by atoms with Crippen LogP contribution in [0.2, 0.25) is 0 Å². The Morgan fingerprint density at radius 3 is 1.88 bits per heavy atom. The van der Waals surface area contributed by atoms with Gasteiger partial charge in [0.1, 0.15) is 0 Å². The van der Waals surface area contributed by atoms with E-state index in [9.17, 15) is 9.59 Å². The van der Waals surface area contributed by atoms with Crippen LogP contribution in [-0.2, 0) is 9.59 Å². The van der Waals surface area contributed by atoms with E-state index in [1.807, 2.05) is 0 Å². The molecule has 6 heteroatoms. The topological polar surface area (TPSA) is 74.6 Å². The van der Waals surface area contributed by atoms with Crippen LogP contribution in [0.1, 0.15) is 48.3 Å². The Labute approximate surface area is 139 Å². The molecule has 1 rings (SSSR count). The first-order chi connectivity index (χ1) is 7.05. The Morgan fingerprint density at radius 1 is 1.18 bits per heavy atom. The van der Waals surface area contributed by atoms with Crippen LogP contribution in [0.15, 0.2) is 0 Å². The van der Waals surface area contributed by atoms with Crippen molar-refractivity contribution in [1.82, 2.24) is 0 Å². The molecule has 2 N–H and O–H groups in total. The van der Waals surface area contributed by atoms with E-state index in [0.29, 0.717) is 0 Å². The quantitative estimate of drug-likeness (QED) is 0.396. The largest absolute Gasteiger partial charge is 1.00 e. The molecule has 4 nitrogen and oxygen atoms in total. The molecule has 0 unspecified atom stereocenters. The summed E-state index contributed by atoms with van der Waals surface area (Å²) in [5.41, 5.74) is -1.56. The summed E-state index contributed by atoms with van der Waals surface area (Å²) in [5, 5.41) is 18.3. The SMILES string of the molecule is CCC(C(=O)O)(C(=O)O)C1CCCCC1.[H-].[H-].[Li+].[Na+]. The summed E-state index contributed by atoms with van der Waals surface area (Å²) in [7, 11) is 0. The van der Waals surface area contributed by atoms with Gasteiger partial charge in [-0.05, 0) is 25.2 Å².